The maximum Gasteiger partial charge on any atom is 0.472 e. The number of carbonyl (C=O) groups is 3. The summed E-state index contributed by atoms with van der Waals surface area (Å²) in [6, 6.07) is -1.56. The molecule has 4 N–H and O–H groups in total. The van der Waals surface area contributed by atoms with Gasteiger partial charge in [-0.3, -0.25) is 18.6 Å². The minimum absolute atomic E-state index is 0.125. The average molecular weight is 808 g/mol. The number of carbonyl (C=O) groups excluding carboxylic acids is 2. The Bertz CT molecular complexity index is 1230. The molecular weight excluding hydrogens is 733 g/mol. The molecule has 0 radical (unpaired) electrons. The smallest absolute Gasteiger partial charge is 0.472 e. The number of allylic oxidation sites excluding steroid dienone is 12. The van der Waals surface area contributed by atoms with Crippen LogP contribution in [0.25, 0.3) is 0 Å². The number of unbranched alkanes of at least 4 members (excludes halogenated alkanes) is 12. The highest BCUT2D eigenvalue weighted by Crippen LogP contribution is 2.43. The quantitative estimate of drug-likeness (QED) is 0.0204. The molecule has 0 heterocycles. The van der Waals surface area contributed by atoms with Crippen molar-refractivity contribution >= 4 is 25.7 Å². The molecule has 0 spiro atoms. The molecule has 0 rings (SSSR count). The fourth-order valence-corrected chi connectivity index (χ4v) is 5.99. The molecule has 0 aromatic carbocycles. The lowest BCUT2D eigenvalue weighted by atomic mass is 10.1. The third kappa shape index (κ3) is 37.8. The lowest BCUT2D eigenvalue weighted by Gasteiger charge is -2.18. The van der Waals surface area contributed by atoms with E-state index in [1.807, 2.05) is 0 Å². The van der Waals surface area contributed by atoms with Crippen LogP contribution < -0.4 is 5.32 Å². The van der Waals surface area contributed by atoms with Gasteiger partial charge in [-0.25, -0.2) is 9.36 Å². The Hall–Kier alpha value is -3.08. The SMILES string of the molecule is CC/C=C\C/C=C\C/C=C\CCCCCC(=O)OCC(O)COP(=O)(O)OCC(NC(=O)CCCCCCCC/C=C\C/C=C\C/C=C\CCCCC)C(=O)O. The lowest BCUT2D eigenvalue weighted by molar-refractivity contribution is -0.147. The summed E-state index contributed by atoms with van der Waals surface area (Å²) in [5.41, 5.74) is 0. The van der Waals surface area contributed by atoms with E-state index >= 15 is 0 Å². The zero-order valence-electron chi connectivity index (χ0n) is 34.4. The van der Waals surface area contributed by atoms with Crippen LogP contribution in [0, 0.1) is 0 Å². The van der Waals surface area contributed by atoms with Crippen LogP contribution in [0.4, 0.5) is 0 Å². The van der Waals surface area contributed by atoms with Crippen molar-refractivity contribution in [1.29, 1.82) is 0 Å². The summed E-state index contributed by atoms with van der Waals surface area (Å²) in [7, 11) is -4.77. The van der Waals surface area contributed by atoms with Crippen LogP contribution in [0.1, 0.15) is 155 Å². The van der Waals surface area contributed by atoms with E-state index in [-0.39, 0.29) is 12.8 Å². The molecule has 11 nitrogen and oxygen atoms in total. The fraction of sp³-hybridized carbons (Fsp3) is 0.659. The minimum atomic E-state index is -4.77. The second-order valence-corrected chi connectivity index (χ2v) is 15.2. The monoisotopic (exact) mass is 808 g/mol. The van der Waals surface area contributed by atoms with E-state index in [1.165, 1.54) is 25.7 Å². The van der Waals surface area contributed by atoms with Crippen LogP contribution in [0.5, 0.6) is 0 Å². The molecule has 3 unspecified atom stereocenters. The van der Waals surface area contributed by atoms with E-state index in [0.29, 0.717) is 12.8 Å². The Morgan fingerprint density at radius 3 is 1.57 bits per heavy atom. The van der Waals surface area contributed by atoms with Gasteiger partial charge >= 0.3 is 19.8 Å². The molecule has 320 valence electrons. The highest BCUT2D eigenvalue weighted by atomic mass is 31.2. The number of aliphatic carboxylic acids is 1. The maximum absolute atomic E-state index is 12.3. The van der Waals surface area contributed by atoms with Crippen molar-refractivity contribution in [3.63, 3.8) is 0 Å². The number of phosphoric acid groups is 1. The summed E-state index contributed by atoms with van der Waals surface area (Å²) < 4.78 is 26.8. The van der Waals surface area contributed by atoms with Crippen molar-refractivity contribution in [1.82, 2.24) is 5.32 Å². The highest BCUT2D eigenvalue weighted by molar-refractivity contribution is 7.47. The molecule has 1 amide bonds. The molecule has 0 aliphatic heterocycles. The van der Waals surface area contributed by atoms with Gasteiger partial charge in [0.1, 0.15) is 12.7 Å². The molecule has 0 saturated carbocycles. The Morgan fingerprint density at radius 2 is 1.04 bits per heavy atom. The zero-order chi connectivity index (χ0) is 41.4. The first-order valence-electron chi connectivity index (χ1n) is 21.0. The van der Waals surface area contributed by atoms with Crippen LogP contribution in [-0.4, -0.2) is 64.9 Å². The number of aliphatic hydroxyl groups excluding tert-OH is 1. The third-order valence-corrected chi connectivity index (χ3v) is 9.43. The number of amides is 1. The van der Waals surface area contributed by atoms with E-state index in [4.69, 9.17) is 13.8 Å². The Labute approximate surface area is 338 Å². The topological polar surface area (TPSA) is 169 Å². The van der Waals surface area contributed by atoms with Crippen LogP contribution in [-0.2, 0) is 32.7 Å². The molecule has 0 aliphatic rings. The van der Waals surface area contributed by atoms with Crippen LogP contribution in [0.3, 0.4) is 0 Å². The first-order chi connectivity index (χ1) is 27.1. The third-order valence-electron chi connectivity index (χ3n) is 8.48. The van der Waals surface area contributed by atoms with Gasteiger partial charge in [-0.1, -0.05) is 132 Å². The first-order valence-corrected chi connectivity index (χ1v) is 22.5. The number of nitrogens with one attached hydrogen (secondary N) is 1. The van der Waals surface area contributed by atoms with Gasteiger partial charge in [-0.05, 0) is 83.5 Å². The van der Waals surface area contributed by atoms with Gasteiger partial charge in [0.05, 0.1) is 13.2 Å². The lowest BCUT2D eigenvalue weighted by Crippen LogP contribution is -2.43. The Balaban J connectivity index is 4.00. The molecule has 56 heavy (non-hydrogen) atoms. The van der Waals surface area contributed by atoms with Crippen molar-refractivity contribution in [3.05, 3.63) is 72.9 Å². The van der Waals surface area contributed by atoms with Crippen molar-refractivity contribution in [2.24, 2.45) is 0 Å². The predicted octanol–water partition coefficient (Wildman–Crippen LogP) is 10.6. The van der Waals surface area contributed by atoms with Gasteiger partial charge in [-0.2, -0.15) is 0 Å². The maximum atomic E-state index is 12.3. The summed E-state index contributed by atoms with van der Waals surface area (Å²) in [6.45, 7) is 2.39. The Kier molecular flexibility index (Phi) is 36.6. The number of carboxylic acid groups (broad SMARTS) is 1. The van der Waals surface area contributed by atoms with E-state index in [1.54, 1.807) is 0 Å². The minimum Gasteiger partial charge on any atom is -0.480 e. The number of ether oxygens (including phenoxy) is 1. The second-order valence-electron chi connectivity index (χ2n) is 13.8. The standard InChI is InChI=1S/C44H74NO10P/c1-3-5-7-9-11-13-15-17-18-19-20-21-22-24-25-27-29-31-33-35-42(47)45-41(44(49)50)39-55-56(51,52)54-38-40(46)37-53-43(48)36-34-32-30-28-26-23-16-14-12-10-8-6-4-2/h6,8,11-14,17-18,20-21,23,26,40-41,46H,3-5,7,9-10,15-16,19,22,24-25,27-39H2,1-2H3,(H,45,47)(H,49,50)(H,51,52)/b8-6-,13-11-,14-12-,18-17-,21-20-,26-23-. The fourth-order valence-electron chi connectivity index (χ4n) is 5.22. The van der Waals surface area contributed by atoms with E-state index in [0.717, 1.165) is 89.9 Å². The highest BCUT2D eigenvalue weighted by Gasteiger charge is 2.28. The number of phosphoric ester groups is 1. The molecule has 0 aromatic rings. The summed E-state index contributed by atoms with van der Waals surface area (Å²) >= 11 is 0. The van der Waals surface area contributed by atoms with Crippen molar-refractivity contribution in [3.8, 4) is 0 Å². The van der Waals surface area contributed by atoms with Gasteiger partial charge in [0.15, 0.2) is 6.04 Å². The molecule has 0 aliphatic carbocycles. The van der Waals surface area contributed by atoms with Crippen LogP contribution >= 0.6 is 7.82 Å². The molecule has 0 bridgehead atoms. The number of hydrogen-bond donors (Lipinski definition) is 4. The second kappa shape index (κ2) is 38.8. The predicted molar refractivity (Wildman–Crippen MR) is 226 cm³/mol. The molecule has 0 aromatic heterocycles. The normalized spacial score (nSPS) is 14.5. The van der Waals surface area contributed by atoms with E-state index < -0.39 is 57.6 Å². The Morgan fingerprint density at radius 1 is 0.589 bits per heavy atom. The molecule has 0 fully saturated rings. The van der Waals surface area contributed by atoms with E-state index in [2.05, 4.69) is 92.1 Å². The number of hydrogen-bond acceptors (Lipinski definition) is 8. The van der Waals surface area contributed by atoms with Gasteiger partial charge in [0.2, 0.25) is 5.91 Å². The van der Waals surface area contributed by atoms with Gasteiger partial charge in [0, 0.05) is 12.8 Å². The van der Waals surface area contributed by atoms with Gasteiger partial charge in [-0.15, -0.1) is 0 Å². The summed E-state index contributed by atoms with van der Waals surface area (Å²) in [5.74, 6) is -2.43. The van der Waals surface area contributed by atoms with Crippen molar-refractivity contribution in [2.75, 3.05) is 19.8 Å². The van der Waals surface area contributed by atoms with Crippen LogP contribution in [0.15, 0.2) is 72.9 Å². The molecule has 12 heteroatoms. The first kappa shape index (κ1) is 52.9. The van der Waals surface area contributed by atoms with E-state index in [9.17, 15) is 34.1 Å². The van der Waals surface area contributed by atoms with Gasteiger partial charge in [0.25, 0.3) is 0 Å². The summed E-state index contributed by atoms with van der Waals surface area (Å²) in [5, 5.41) is 21.8. The van der Waals surface area contributed by atoms with Crippen molar-refractivity contribution in [2.45, 2.75) is 167 Å². The molecule has 0 saturated heterocycles. The van der Waals surface area contributed by atoms with Crippen molar-refractivity contribution < 1.29 is 47.8 Å². The average Bonchev–Trinajstić information content (AvgIpc) is 3.17. The summed E-state index contributed by atoms with van der Waals surface area (Å²) in [4.78, 5) is 45.8. The number of carboxylic acids is 1. The molecular formula is C44H74NO10P. The van der Waals surface area contributed by atoms with Crippen LogP contribution in [0.2, 0.25) is 0 Å². The summed E-state index contributed by atoms with van der Waals surface area (Å²) in [6.07, 6.45) is 45.0. The largest absolute Gasteiger partial charge is 0.480 e. The molecule has 3 atom stereocenters. The number of aliphatic hydroxyl groups is 1. The zero-order valence-corrected chi connectivity index (χ0v) is 35.3. The van der Waals surface area contributed by atoms with Gasteiger partial charge < -0.3 is 25.2 Å². The number of rotatable bonds is 38. The number of esters is 1.